The SMILES string of the molecule is COCCOC(=O)C1=C(C)NC(C)=C(C(C)=O)C1c1ccccc1. The predicted octanol–water partition coefficient (Wildman–Crippen LogP) is 2.70. The van der Waals surface area contributed by atoms with E-state index >= 15 is 0 Å². The number of nitrogens with one attached hydrogen (secondary N) is 1. The first kappa shape index (κ1) is 17.9. The molecule has 0 amide bonds. The van der Waals surface area contributed by atoms with Crippen LogP contribution in [0.25, 0.3) is 0 Å². The monoisotopic (exact) mass is 329 g/mol. The number of carbonyl (C=O) groups excluding carboxylic acids is 2. The number of methoxy groups -OCH3 is 1. The van der Waals surface area contributed by atoms with Gasteiger partial charge in [-0.15, -0.1) is 0 Å². The molecule has 0 saturated carbocycles. The molecule has 1 atom stereocenters. The Bertz CT molecular complexity index is 689. The quantitative estimate of drug-likeness (QED) is 0.642. The molecule has 0 fully saturated rings. The van der Waals surface area contributed by atoms with E-state index in [0.29, 0.717) is 23.5 Å². The lowest BCUT2D eigenvalue weighted by Crippen LogP contribution is -2.31. The van der Waals surface area contributed by atoms with Crippen molar-refractivity contribution < 1.29 is 19.1 Å². The minimum Gasteiger partial charge on any atom is -0.460 e. The number of Topliss-reactive ketones (excluding diaryl/α,β-unsaturated/α-hetero) is 1. The molecular weight excluding hydrogens is 306 g/mol. The van der Waals surface area contributed by atoms with Crippen LogP contribution in [0.1, 0.15) is 32.3 Å². The third-order valence-electron chi connectivity index (χ3n) is 4.01. The van der Waals surface area contributed by atoms with Gasteiger partial charge in [0.1, 0.15) is 6.61 Å². The van der Waals surface area contributed by atoms with Gasteiger partial charge in [0.2, 0.25) is 0 Å². The summed E-state index contributed by atoms with van der Waals surface area (Å²) in [6, 6.07) is 9.53. The highest BCUT2D eigenvalue weighted by atomic mass is 16.6. The number of ketones is 1. The largest absolute Gasteiger partial charge is 0.460 e. The molecule has 0 aromatic heterocycles. The Morgan fingerprint density at radius 3 is 2.25 bits per heavy atom. The van der Waals surface area contributed by atoms with Crippen LogP contribution in [0, 0.1) is 0 Å². The standard InChI is InChI=1S/C19H23NO4/c1-12-16(14(3)21)18(15-8-6-5-7-9-15)17(13(2)20-12)19(22)24-11-10-23-4/h5-9,18,20H,10-11H2,1-4H3. The van der Waals surface area contributed by atoms with E-state index in [1.165, 1.54) is 6.92 Å². The van der Waals surface area contributed by atoms with Gasteiger partial charge in [-0.05, 0) is 26.3 Å². The van der Waals surface area contributed by atoms with Crippen LogP contribution in [0.4, 0.5) is 0 Å². The van der Waals surface area contributed by atoms with E-state index in [9.17, 15) is 9.59 Å². The Labute approximate surface area is 142 Å². The molecule has 1 aromatic carbocycles. The molecule has 24 heavy (non-hydrogen) atoms. The Morgan fingerprint density at radius 1 is 1.04 bits per heavy atom. The minimum absolute atomic E-state index is 0.0662. The van der Waals surface area contributed by atoms with Crippen LogP contribution in [0.15, 0.2) is 52.9 Å². The average molecular weight is 329 g/mol. The predicted molar refractivity (Wildman–Crippen MR) is 91.2 cm³/mol. The molecule has 0 spiro atoms. The number of hydrogen-bond donors (Lipinski definition) is 1. The van der Waals surface area contributed by atoms with Crippen molar-refractivity contribution in [2.45, 2.75) is 26.7 Å². The molecule has 5 heteroatoms. The van der Waals surface area contributed by atoms with Crippen molar-refractivity contribution in [3.05, 3.63) is 58.4 Å². The van der Waals surface area contributed by atoms with Crippen molar-refractivity contribution in [1.82, 2.24) is 5.32 Å². The van der Waals surface area contributed by atoms with Crippen LogP contribution >= 0.6 is 0 Å². The Morgan fingerprint density at radius 2 is 1.67 bits per heavy atom. The molecule has 1 aliphatic rings. The third-order valence-corrected chi connectivity index (χ3v) is 4.01. The maximum absolute atomic E-state index is 12.6. The van der Waals surface area contributed by atoms with E-state index in [0.717, 1.165) is 11.3 Å². The van der Waals surface area contributed by atoms with Gasteiger partial charge in [0, 0.05) is 30.0 Å². The maximum atomic E-state index is 12.6. The number of ether oxygens (including phenoxy) is 2. The number of benzene rings is 1. The van der Waals surface area contributed by atoms with E-state index in [4.69, 9.17) is 9.47 Å². The van der Waals surface area contributed by atoms with Crippen LogP contribution < -0.4 is 5.32 Å². The zero-order valence-electron chi connectivity index (χ0n) is 14.5. The van der Waals surface area contributed by atoms with E-state index in [1.807, 2.05) is 44.2 Å². The number of carbonyl (C=O) groups is 2. The first-order chi connectivity index (χ1) is 11.5. The Kier molecular flexibility index (Phi) is 5.93. The summed E-state index contributed by atoms with van der Waals surface area (Å²) in [6.45, 7) is 5.69. The Hall–Kier alpha value is -2.40. The van der Waals surface area contributed by atoms with Crippen LogP contribution in [-0.4, -0.2) is 32.1 Å². The second-order valence-corrected chi connectivity index (χ2v) is 5.73. The lowest BCUT2D eigenvalue weighted by Gasteiger charge is -2.30. The lowest BCUT2D eigenvalue weighted by atomic mass is 9.79. The second kappa shape index (κ2) is 7.93. The van der Waals surface area contributed by atoms with Gasteiger partial charge >= 0.3 is 5.97 Å². The van der Waals surface area contributed by atoms with Gasteiger partial charge in [-0.3, -0.25) is 4.79 Å². The van der Waals surface area contributed by atoms with Gasteiger partial charge in [0.25, 0.3) is 0 Å². The molecule has 0 bridgehead atoms. The molecule has 0 radical (unpaired) electrons. The van der Waals surface area contributed by atoms with Crippen LogP contribution in [0.5, 0.6) is 0 Å². The first-order valence-electron chi connectivity index (χ1n) is 7.87. The highest BCUT2D eigenvalue weighted by molar-refractivity contribution is 6.02. The van der Waals surface area contributed by atoms with Crippen molar-refractivity contribution in [3.63, 3.8) is 0 Å². The van der Waals surface area contributed by atoms with Crippen molar-refractivity contribution in [2.24, 2.45) is 0 Å². The summed E-state index contributed by atoms with van der Waals surface area (Å²) in [4.78, 5) is 24.9. The Balaban J connectivity index is 2.47. The molecule has 1 heterocycles. The van der Waals surface area contributed by atoms with E-state index in [2.05, 4.69) is 5.32 Å². The van der Waals surface area contributed by atoms with E-state index < -0.39 is 11.9 Å². The van der Waals surface area contributed by atoms with Crippen LogP contribution in [-0.2, 0) is 19.1 Å². The van der Waals surface area contributed by atoms with Crippen molar-refractivity contribution in [2.75, 3.05) is 20.3 Å². The normalized spacial score (nSPS) is 17.6. The van der Waals surface area contributed by atoms with E-state index in [1.54, 1.807) is 7.11 Å². The number of allylic oxidation sites excluding steroid dienone is 3. The van der Waals surface area contributed by atoms with Crippen LogP contribution in [0.3, 0.4) is 0 Å². The molecule has 5 nitrogen and oxygen atoms in total. The fourth-order valence-electron chi connectivity index (χ4n) is 3.01. The summed E-state index contributed by atoms with van der Waals surface area (Å²) in [7, 11) is 1.55. The molecule has 1 aromatic rings. The zero-order chi connectivity index (χ0) is 17.7. The highest BCUT2D eigenvalue weighted by Crippen LogP contribution is 2.38. The number of esters is 1. The lowest BCUT2D eigenvalue weighted by molar-refractivity contribution is -0.140. The number of dihydropyridines is 1. The number of hydrogen-bond acceptors (Lipinski definition) is 5. The molecular formula is C19H23NO4. The molecule has 128 valence electrons. The first-order valence-corrected chi connectivity index (χ1v) is 7.87. The van der Waals surface area contributed by atoms with Gasteiger partial charge in [0.15, 0.2) is 5.78 Å². The van der Waals surface area contributed by atoms with Crippen molar-refractivity contribution >= 4 is 11.8 Å². The molecule has 2 rings (SSSR count). The van der Waals surface area contributed by atoms with Crippen molar-refractivity contribution in [3.8, 4) is 0 Å². The highest BCUT2D eigenvalue weighted by Gasteiger charge is 2.35. The fraction of sp³-hybridized carbons (Fsp3) is 0.368. The molecule has 0 aliphatic carbocycles. The average Bonchev–Trinajstić information content (AvgIpc) is 2.54. The summed E-state index contributed by atoms with van der Waals surface area (Å²) in [5, 5.41) is 3.14. The summed E-state index contributed by atoms with van der Waals surface area (Å²) < 4.78 is 10.2. The van der Waals surface area contributed by atoms with Gasteiger partial charge in [-0.25, -0.2) is 4.79 Å². The van der Waals surface area contributed by atoms with E-state index in [-0.39, 0.29) is 12.4 Å². The summed E-state index contributed by atoms with van der Waals surface area (Å²) >= 11 is 0. The third kappa shape index (κ3) is 3.74. The molecule has 1 unspecified atom stereocenters. The topological polar surface area (TPSA) is 64.6 Å². The van der Waals surface area contributed by atoms with Crippen molar-refractivity contribution in [1.29, 1.82) is 0 Å². The molecule has 1 aliphatic heterocycles. The second-order valence-electron chi connectivity index (χ2n) is 5.73. The molecule has 0 saturated heterocycles. The number of rotatable bonds is 6. The molecule has 1 N–H and O–H groups in total. The summed E-state index contributed by atoms with van der Waals surface area (Å²) in [5.74, 6) is -0.930. The smallest absolute Gasteiger partial charge is 0.336 e. The van der Waals surface area contributed by atoms with Gasteiger partial charge in [-0.2, -0.15) is 0 Å². The van der Waals surface area contributed by atoms with Gasteiger partial charge in [0.05, 0.1) is 12.2 Å². The van der Waals surface area contributed by atoms with Gasteiger partial charge < -0.3 is 14.8 Å². The summed E-state index contributed by atoms with van der Waals surface area (Å²) in [5.41, 5.74) is 3.41. The minimum atomic E-state index is -0.433. The maximum Gasteiger partial charge on any atom is 0.336 e. The zero-order valence-corrected chi connectivity index (χ0v) is 14.5. The fourth-order valence-corrected chi connectivity index (χ4v) is 3.01. The van der Waals surface area contributed by atoms with Crippen LogP contribution in [0.2, 0.25) is 0 Å². The summed E-state index contributed by atoms with van der Waals surface area (Å²) in [6.07, 6.45) is 0. The van der Waals surface area contributed by atoms with Gasteiger partial charge in [-0.1, -0.05) is 30.3 Å².